The summed E-state index contributed by atoms with van der Waals surface area (Å²) in [5.41, 5.74) is 3.62. The highest BCUT2D eigenvalue weighted by molar-refractivity contribution is 6.30. The molecule has 0 amide bonds. The summed E-state index contributed by atoms with van der Waals surface area (Å²) in [4.78, 5) is 0. The number of phenols is 1. The maximum Gasteiger partial charge on any atom is 0.118 e. The Bertz CT molecular complexity index is 575. The fourth-order valence-electron chi connectivity index (χ4n) is 2.49. The second-order valence-corrected chi connectivity index (χ2v) is 6.37. The first kappa shape index (κ1) is 15.9. The lowest BCUT2D eigenvalue weighted by atomic mass is 9.94. The average molecular weight is 303 g/mol. The summed E-state index contributed by atoms with van der Waals surface area (Å²) in [6.07, 6.45) is 4.55. The topological polar surface area (TPSA) is 20.2 Å². The van der Waals surface area contributed by atoms with Gasteiger partial charge in [0.2, 0.25) is 0 Å². The Morgan fingerprint density at radius 2 is 1.52 bits per heavy atom. The third-order valence-corrected chi connectivity index (χ3v) is 4.28. The molecular formula is C19H23ClO. The molecule has 2 heteroatoms. The third-order valence-electron chi connectivity index (χ3n) is 4.03. The van der Waals surface area contributed by atoms with Crippen molar-refractivity contribution in [2.45, 2.75) is 39.5 Å². The van der Waals surface area contributed by atoms with E-state index >= 15 is 0 Å². The van der Waals surface area contributed by atoms with E-state index in [4.69, 9.17) is 11.6 Å². The van der Waals surface area contributed by atoms with Gasteiger partial charge in [0.15, 0.2) is 0 Å². The molecule has 0 aliphatic rings. The van der Waals surface area contributed by atoms with Crippen molar-refractivity contribution < 1.29 is 5.11 Å². The number of hydrogen-bond acceptors (Lipinski definition) is 1. The van der Waals surface area contributed by atoms with Gasteiger partial charge in [0.25, 0.3) is 0 Å². The van der Waals surface area contributed by atoms with Crippen LogP contribution in [0.4, 0.5) is 0 Å². The molecule has 21 heavy (non-hydrogen) atoms. The molecule has 0 saturated carbocycles. The Kier molecular flexibility index (Phi) is 5.69. The summed E-state index contributed by atoms with van der Waals surface area (Å²) in [6.45, 7) is 4.26. The smallest absolute Gasteiger partial charge is 0.118 e. The summed E-state index contributed by atoms with van der Waals surface area (Å²) in [6, 6.07) is 14.0. The lowest BCUT2D eigenvalue weighted by Crippen LogP contribution is -2.00. The van der Waals surface area contributed by atoms with Crippen LogP contribution in [0.15, 0.2) is 42.5 Å². The zero-order chi connectivity index (χ0) is 15.2. The highest BCUT2D eigenvalue weighted by atomic mass is 35.5. The molecule has 2 rings (SSSR count). The normalized spacial score (nSPS) is 12.3. The molecule has 2 aromatic carbocycles. The number of rotatable bonds is 6. The van der Waals surface area contributed by atoms with E-state index in [1.165, 1.54) is 24.0 Å². The molecule has 0 radical (unpaired) electrons. The van der Waals surface area contributed by atoms with E-state index in [1.807, 2.05) is 25.1 Å². The first-order chi connectivity index (χ1) is 10.0. The average Bonchev–Trinajstić information content (AvgIpc) is 2.48. The summed E-state index contributed by atoms with van der Waals surface area (Å²) in [5.74, 6) is 1.07. The second kappa shape index (κ2) is 7.51. The molecule has 112 valence electrons. The van der Waals surface area contributed by atoms with Crippen LogP contribution in [0.1, 0.15) is 36.5 Å². The quantitative estimate of drug-likeness (QED) is 0.741. The number of halogens is 1. The minimum absolute atomic E-state index is 0.384. The number of hydrogen-bond donors (Lipinski definition) is 1. The first-order valence-electron chi connectivity index (χ1n) is 7.57. The Morgan fingerprint density at radius 1 is 0.952 bits per heavy atom. The number of benzene rings is 2. The van der Waals surface area contributed by atoms with Crippen LogP contribution >= 0.6 is 11.6 Å². The van der Waals surface area contributed by atoms with Crippen molar-refractivity contribution in [2.75, 3.05) is 0 Å². The summed E-state index contributed by atoms with van der Waals surface area (Å²) in [5, 5.41) is 10.3. The predicted octanol–water partition coefficient (Wildman–Crippen LogP) is 5.56. The molecule has 0 aliphatic carbocycles. The van der Waals surface area contributed by atoms with Gasteiger partial charge in [-0.3, -0.25) is 0 Å². The van der Waals surface area contributed by atoms with Gasteiger partial charge < -0.3 is 5.11 Å². The molecule has 1 N–H and O–H groups in total. The highest BCUT2D eigenvalue weighted by Crippen LogP contribution is 2.21. The molecule has 0 heterocycles. The first-order valence-corrected chi connectivity index (χ1v) is 7.95. The molecule has 1 nitrogen and oxygen atoms in total. The number of phenolic OH excluding ortho intramolecular Hbond substituents is 1. The van der Waals surface area contributed by atoms with Crippen LogP contribution in [-0.4, -0.2) is 5.11 Å². The van der Waals surface area contributed by atoms with Crippen LogP contribution in [0.25, 0.3) is 0 Å². The molecule has 0 bridgehead atoms. The molecule has 0 aromatic heterocycles. The van der Waals surface area contributed by atoms with Crippen LogP contribution in [0.5, 0.6) is 5.75 Å². The standard InChI is InChI=1S/C19H23ClO/c1-14(3-5-16-7-10-18(20)11-8-16)4-6-17-9-12-19(21)15(2)13-17/h7-14,21H,3-6H2,1-2H3. The van der Waals surface area contributed by atoms with E-state index in [2.05, 4.69) is 25.1 Å². The fourth-order valence-corrected chi connectivity index (χ4v) is 2.62. The lowest BCUT2D eigenvalue weighted by Gasteiger charge is -2.12. The molecular weight excluding hydrogens is 280 g/mol. The van der Waals surface area contributed by atoms with Gasteiger partial charge in [-0.05, 0) is 73.4 Å². The van der Waals surface area contributed by atoms with Crippen molar-refractivity contribution in [1.82, 2.24) is 0 Å². The van der Waals surface area contributed by atoms with Crippen molar-refractivity contribution in [3.05, 3.63) is 64.2 Å². The fraction of sp³-hybridized carbons (Fsp3) is 0.368. The number of aryl methyl sites for hydroxylation is 3. The van der Waals surface area contributed by atoms with Gasteiger partial charge in [0.1, 0.15) is 5.75 Å². The van der Waals surface area contributed by atoms with Crippen LogP contribution < -0.4 is 0 Å². The van der Waals surface area contributed by atoms with Crippen molar-refractivity contribution in [3.8, 4) is 5.75 Å². The van der Waals surface area contributed by atoms with Gasteiger partial charge in [0.05, 0.1) is 0 Å². The van der Waals surface area contributed by atoms with Crippen LogP contribution in [0.3, 0.4) is 0 Å². The van der Waals surface area contributed by atoms with E-state index in [-0.39, 0.29) is 0 Å². The van der Waals surface area contributed by atoms with Gasteiger partial charge in [-0.25, -0.2) is 0 Å². The van der Waals surface area contributed by atoms with Gasteiger partial charge in [-0.2, -0.15) is 0 Å². The van der Waals surface area contributed by atoms with Crippen LogP contribution in [-0.2, 0) is 12.8 Å². The zero-order valence-electron chi connectivity index (χ0n) is 12.8. The van der Waals surface area contributed by atoms with Crippen LogP contribution in [0.2, 0.25) is 5.02 Å². The molecule has 1 unspecified atom stereocenters. The Morgan fingerprint density at radius 3 is 2.14 bits per heavy atom. The third kappa shape index (κ3) is 5.09. The highest BCUT2D eigenvalue weighted by Gasteiger charge is 2.05. The Hall–Kier alpha value is -1.47. The summed E-state index contributed by atoms with van der Waals surface area (Å²) >= 11 is 5.90. The lowest BCUT2D eigenvalue weighted by molar-refractivity contribution is 0.470. The maximum absolute atomic E-state index is 9.54. The van der Waals surface area contributed by atoms with E-state index in [9.17, 15) is 5.11 Å². The summed E-state index contributed by atoms with van der Waals surface area (Å²) in [7, 11) is 0. The van der Waals surface area contributed by atoms with E-state index in [0.29, 0.717) is 11.7 Å². The zero-order valence-corrected chi connectivity index (χ0v) is 13.5. The number of aromatic hydroxyl groups is 1. The monoisotopic (exact) mass is 302 g/mol. The van der Waals surface area contributed by atoms with Crippen molar-refractivity contribution in [1.29, 1.82) is 0 Å². The van der Waals surface area contributed by atoms with Gasteiger partial charge >= 0.3 is 0 Å². The molecule has 0 aliphatic heterocycles. The van der Waals surface area contributed by atoms with Crippen molar-refractivity contribution in [3.63, 3.8) is 0 Å². The predicted molar refractivity (Wildman–Crippen MR) is 90.1 cm³/mol. The van der Waals surface area contributed by atoms with Crippen LogP contribution in [0, 0.1) is 12.8 Å². The van der Waals surface area contributed by atoms with E-state index in [0.717, 1.165) is 23.4 Å². The molecule has 2 aromatic rings. The molecule has 0 saturated heterocycles. The maximum atomic E-state index is 9.54. The minimum atomic E-state index is 0.384. The largest absolute Gasteiger partial charge is 0.508 e. The van der Waals surface area contributed by atoms with Gasteiger partial charge in [-0.15, -0.1) is 0 Å². The van der Waals surface area contributed by atoms with Crippen molar-refractivity contribution >= 4 is 11.6 Å². The molecule has 0 fully saturated rings. The van der Waals surface area contributed by atoms with E-state index in [1.54, 1.807) is 6.07 Å². The van der Waals surface area contributed by atoms with Gasteiger partial charge in [-0.1, -0.05) is 42.8 Å². The molecule has 1 atom stereocenters. The van der Waals surface area contributed by atoms with Gasteiger partial charge in [0, 0.05) is 5.02 Å². The van der Waals surface area contributed by atoms with E-state index < -0.39 is 0 Å². The molecule has 0 spiro atoms. The van der Waals surface area contributed by atoms with Crippen molar-refractivity contribution in [2.24, 2.45) is 5.92 Å². The second-order valence-electron chi connectivity index (χ2n) is 5.93. The minimum Gasteiger partial charge on any atom is -0.508 e. The summed E-state index contributed by atoms with van der Waals surface area (Å²) < 4.78 is 0. The Balaban J connectivity index is 1.77. The SMILES string of the molecule is Cc1cc(CCC(C)CCc2ccc(Cl)cc2)ccc1O. The Labute approximate surface area is 132 Å².